The highest BCUT2D eigenvalue weighted by atomic mass is 14.9. The number of hydrogen-bond acceptors (Lipinski definition) is 2. The molecule has 1 aliphatic rings. The highest BCUT2D eigenvalue weighted by Crippen LogP contribution is 2.32. The van der Waals surface area contributed by atoms with Crippen LogP contribution in [0.3, 0.4) is 0 Å². The molecule has 3 aromatic carbocycles. The van der Waals surface area contributed by atoms with Crippen LogP contribution in [-0.2, 0) is 6.54 Å². The lowest BCUT2D eigenvalue weighted by molar-refractivity contribution is 0.900. The van der Waals surface area contributed by atoms with Crippen molar-refractivity contribution < 1.29 is 0 Å². The number of hydrogen-bond donors (Lipinski definition) is 2. The van der Waals surface area contributed by atoms with Crippen LogP contribution in [0.4, 0.5) is 5.69 Å². The van der Waals surface area contributed by atoms with Gasteiger partial charge in [-0.05, 0) is 22.1 Å². The predicted molar refractivity (Wildman–Crippen MR) is 98.5 cm³/mol. The Bertz CT molecular complexity index is 880. The van der Waals surface area contributed by atoms with E-state index in [4.69, 9.17) is 5.73 Å². The number of nitrogens with one attached hydrogen (secondary N) is 1. The average molecular weight is 300 g/mol. The molecule has 0 amide bonds. The molecule has 3 aromatic rings. The molecular formula is C21H20N2. The summed E-state index contributed by atoms with van der Waals surface area (Å²) in [5.41, 5.74) is 11.0. The number of fused-ring (bicyclic) bond motifs is 2. The molecule has 0 aromatic heterocycles. The van der Waals surface area contributed by atoms with E-state index < -0.39 is 0 Å². The zero-order chi connectivity index (χ0) is 15.6. The summed E-state index contributed by atoms with van der Waals surface area (Å²) in [6.07, 6.45) is 4.50. The highest BCUT2D eigenvalue weighted by Gasteiger charge is 2.17. The minimum absolute atomic E-state index is 0.413. The zero-order valence-electron chi connectivity index (χ0n) is 13.0. The molecule has 0 spiro atoms. The fourth-order valence-corrected chi connectivity index (χ4v) is 3.41. The SMILES string of the molecule is NCc1ccc2ccccc2c1NCC1C=Cc2ccccc21. The molecule has 1 unspecified atom stereocenters. The number of anilines is 1. The van der Waals surface area contributed by atoms with Gasteiger partial charge in [-0.15, -0.1) is 0 Å². The number of nitrogens with two attached hydrogens (primary N) is 1. The summed E-state index contributed by atoms with van der Waals surface area (Å²) in [5.74, 6) is 0.413. The molecule has 4 rings (SSSR count). The minimum atomic E-state index is 0.413. The molecular weight excluding hydrogens is 280 g/mol. The third kappa shape index (κ3) is 2.51. The van der Waals surface area contributed by atoms with Gasteiger partial charge in [0, 0.05) is 30.1 Å². The summed E-state index contributed by atoms with van der Waals surface area (Å²) in [7, 11) is 0. The Morgan fingerprint density at radius 3 is 2.65 bits per heavy atom. The molecule has 2 nitrogen and oxygen atoms in total. The predicted octanol–water partition coefficient (Wildman–Crippen LogP) is 4.52. The first-order chi connectivity index (χ1) is 11.4. The second kappa shape index (κ2) is 5.90. The van der Waals surface area contributed by atoms with Gasteiger partial charge in [-0.25, -0.2) is 0 Å². The first-order valence-electron chi connectivity index (χ1n) is 8.08. The van der Waals surface area contributed by atoms with Crippen LogP contribution in [0.25, 0.3) is 16.8 Å². The van der Waals surface area contributed by atoms with E-state index in [0.29, 0.717) is 12.5 Å². The van der Waals surface area contributed by atoms with Crippen molar-refractivity contribution in [3.05, 3.63) is 83.4 Å². The Morgan fingerprint density at radius 1 is 0.913 bits per heavy atom. The van der Waals surface area contributed by atoms with Gasteiger partial charge in [-0.1, -0.05) is 72.8 Å². The van der Waals surface area contributed by atoms with Crippen molar-refractivity contribution in [2.45, 2.75) is 12.5 Å². The smallest absolute Gasteiger partial charge is 0.0465 e. The quantitative estimate of drug-likeness (QED) is 0.743. The fourth-order valence-electron chi connectivity index (χ4n) is 3.41. The van der Waals surface area contributed by atoms with Gasteiger partial charge in [-0.3, -0.25) is 0 Å². The summed E-state index contributed by atoms with van der Waals surface area (Å²) in [5, 5.41) is 6.15. The van der Waals surface area contributed by atoms with Gasteiger partial charge in [-0.2, -0.15) is 0 Å². The Labute approximate surface area is 136 Å². The average Bonchev–Trinajstić information content (AvgIpc) is 3.02. The lowest BCUT2D eigenvalue weighted by Gasteiger charge is -2.17. The third-order valence-electron chi connectivity index (χ3n) is 4.64. The van der Waals surface area contributed by atoms with Crippen molar-refractivity contribution in [1.82, 2.24) is 0 Å². The standard InChI is InChI=1S/C21H20N2/c22-13-17-11-9-16-6-2-4-8-20(16)21(17)23-14-18-12-10-15-5-1-3-7-19(15)18/h1-12,18,23H,13-14,22H2. The molecule has 0 heterocycles. The van der Waals surface area contributed by atoms with Crippen molar-refractivity contribution >= 4 is 22.5 Å². The summed E-state index contributed by atoms with van der Waals surface area (Å²) in [6, 6.07) is 21.3. The molecule has 3 N–H and O–H groups in total. The van der Waals surface area contributed by atoms with Crippen molar-refractivity contribution in [3.8, 4) is 0 Å². The van der Waals surface area contributed by atoms with Crippen LogP contribution in [0.15, 0.2) is 66.7 Å². The van der Waals surface area contributed by atoms with Gasteiger partial charge < -0.3 is 11.1 Å². The van der Waals surface area contributed by atoms with Gasteiger partial charge in [0.05, 0.1) is 0 Å². The first kappa shape index (κ1) is 14.0. The van der Waals surface area contributed by atoms with E-state index in [1.54, 1.807) is 0 Å². The Kier molecular flexibility index (Phi) is 3.60. The largest absolute Gasteiger partial charge is 0.383 e. The Balaban J connectivity index is 1.65. The summed E-state index contributed by atoms with van der Waals surface area (Å²) in [6.45, 7) is 1.43. The van der Waals surface area contributed by atoms with Crippen LogP contribution in [0, 0.1) is 0 Å². The molecule has 1 atom stereocenters. The van der Waals surface area contributed by atoms with Crippen LogP contribution in [-0.4, -0.2) is 6.54 Å². The zero-order valence-corrected chi connectivity index (χ0v) is 13.0. The van der Waals surface area contributed by atoms with Gasteiger partial charge >= 0.3 is 0 Å². The normalized spacial score (nSPS) is 15.8. The fraction of sp³-hybridized carbons (Fsp3) is 0.143. The molecule has 2 heteroatoms. The van der Waals surface area contributed by atoms with Crippen LogP contribution in [0.1, 0.15) is 22.6 Å². The van der Waals surface area contributed by atoms with E-state index in [-0.39, 0.29) is 0 Å². The Hall–Kier alpha value is -2.58. The van der Waals surface area contributed by atoms with Crippen LogP contribution in [0.5, 0.6) is 0 Å². The molecule has 0 aliphatic heterocycles. The summed E-state index contributed by atoms with van der Waals surface area (Å²) in [4.78, 5) is 0. The lowest BCUT2D eigenvalue weighted by atomic mass is 9.99. The molecule has 114 valence electrons. The van der Waals surface area contributed by atoms with Gasteiger partial charge in [0.25, 0.3) is 0 Å². The van der Waals surface area contributed by atoms with Gasteiger partial charge in [0.15, 0.2) is 0 Å². The van der Waals surface area contributed by atoms with E-state index in [1.165, 1.54) is 33.2 Å². The maximum Gasteiger partial charge on any atom is 0.0465 e. The molecule has 0 saturated carbocycles. The van der Waals surface area contributed by atoms with E-state index in [2.05, 4.69) is 78.1 Å². The molecule has 0 saturated heterocycles. The molecule has 1 aliphatic carbocycles. The van der Waals surface area contributed by atoms with Crippen molar-refractivity contribution in [2.75, 3.05) is 11.9 Å². The maximum atomic E-state index is 5.95. The maximum absolute atomic E-state index is 5.95. The van der Waals surface area contributed by atoms with Crippen molar-refractivity contribution in [1.29, 1.82) is 0 Å². The van der Waals surface area contributed by atoms with Crippen LogP contribution >= 0.6 is 0 Å². The van der Waals surface area contributed by atoms with E-state index in [1.807, 2.05) is 0 Å². The van der Waals surface area contributed by atoms with E-state index in [0.717, 1.165) is 6.54 Å². The van der Waals surface area contributed by atoms with Crippen LogP contribution < -0.4 is 11.1 Å². The molecule has 0 fully saturated rings. The Morgan fingerprint density at radius 2 is 1.74 bits per heavy atom. The van der Waals surface area contributed by atoms with E-state index >= 15 is 0 Å². The summed E-state index contributed by atoms with van der Waals surface area (Å²) >= 11 is 0. The highest BCUT2D eigenvalue weighted by molar-refractivity contribution is 5.95. The molecule has 23 heavy (non-hydrogen) atoms. The van der Waals surface area contributed by atoms with E-state index in [9.17, 15) is 0 Å². The van der Waals surface area contributed by atoms with Crippen LogP contribution in [0.2, 0.25) is 0 Å². The monoisotopic (exact) mass is 300 g/mol. The first-order valence-corrected chi connectivity index (χ1v) is 8.08. The van der Waals surface area contributed by atoms with Gasteiger partial charge in [0.1, 0.15) is 0 Å². The number of benzene rings is 3. The minimum Gasteiger partial charge on any atom is -0.383 e. The van der Waals surface area contributed by atoms with Crippen molar-refractivity contribution in [2.24, 2.45) is 5.73 Å². The molecule has 0 radical (unpaired) electrons. The topological polar surface area (TPSA) is 38.0 Å². The third-order valence-corrected chi connectivity index (χ3v) is 4.64. The second-order valence-electron chi connectivity index (χ2n) is 6.00. The molecule has 0 bridgehead atoms. The summed E-state index contributed by atoms with van der Waals surface area (Å²) < 4.78 is 0. The van der Waals surface area contributed by atoms with Crippen molar-refractivity contribution in [3.63, 3.8) is 0 Å². The lowest BCUT2D eigenvalue weighted by Crippen LogP contribution is -2.12. The number of rotatable bonds is 4. The van der Waals surface area contributed by atoms with Gasteiger partial charge in [0.2, 0.25) is 0 Å². The second-order valence-corrected chi connectivity index (χ2v) is 6.00.